The van der Waals surface area contributed by atoms with E-state index in [-0.39, 0.29) is 19.0 Å². The third kappa shape index (κ3) is 4.19. The van der Waals surface area contributed by atoms with Crippen molar-refractivity contribution >= 4 is 29.0 Å². The van der Waals surface area contributed by atoms with Crippen LogP contribution in [0.3, 0.4) is 0 Å². The molecule has 3 N–H and O–H groups in total. The molecule has 1 aromatic carbocycles. The first-order chi connectivity index (χ1) is 14.9. The van der Waals surface area contributed by atoms with Crippen molar-refractivity contribution in [1.82, 2.24) is 14.9 Å². The van der Waals surface area contributed by atoms with Gasteiger partial charge < -0.3 is 25.0 Å². The molecule has 1 aromatic heterocycles. The average molecular weight is 443 g/mol. The predicted molar refractivity (Wildman–Crippen MR) is 123 cm³/mol. The minimum atomic E-state index is -1.94. The van der Waals surface area contributed by atoms with E-state index in [1.165, 1.54) is 22.3 Å². The zero-order chi connectivity index (χ0) is 22.0. The maximum atomic E-state index is 12.7. The lowest BCUT2D eigenvalue weighted by Crippen LogP contribution is -2.50. The van der Waals surface area contributed by atoms with Crippen molar-refractivity contribution in [2.45, 2.75) is 57.5 Å². The molecule has 0 radical (unpaired) electrons. The van der Waals surface area contributed by atoms with Crippen molar-refractivity contribution < 1.29 is 14.6 Å². The maximum Gasteiger partial charge on any atom is 0.348 e. The fraction of sp³-hybridized carbons (Fsp3) is 0.522. The third-order valence-electron chi connectivity index (χ3n) is 6.18. The van der Waals surface area contributed by atoms with Gasteiger partial charge in [-0.15, -0.1) is 0 Å². The number of thiocarbonyl (C=S) groups is 1. The standard InChI is InChI=1S/C23H30N4O3S/c1-3-12-30-21(28)23(29,20-24-10-11-27(20)2)14-25-22(31)26-19-17-8-4-6-15(17)13-16-7-5-9-18(16)19/h10-11,13,29H,3-9,12,14H2,1-2H3,(H2,25,26,31). The summed E-state index contributed by atoms with van der Waals surface area (Å²) in [6.07, 6.45) is 10.5. The highest BCUT2D eigenvalue weighted by molar-refractivity contribution is 7.80. The van der Waals surface area contributed by atoms with Crippen molar-refractivity contribution in [2.75, 3.05) is 18.5 Å². The van der Waals surface area contributed by atoms with E-state index in [0.717, 1.165) is 44.2 Å². The van der Waals surface area contributed by atoms with Gasteiger partial charge in [0.2, 0.25) is 5.60 Å². The highest BCUT2D eigenvalue weighted by atomic mass is 32.1. The molecule has 8 heteroatoms. The number of aliphatic hydroxyl groups is 1. The number of nitrogens with zero attached hydrogens (tertiary/aromatic N) is 2. The van der Waals surface area contributed by atoms with Crippen LogP contribution in [0.1, 0.15) is 54.3 Å². The molecule has 0 spiro atoms. The minimum Gasteiger partial charge on any atom is -0.463 e. The van der Waals surface area contributed by atoms with E-state index in [1.54, 1.807) is 24.0 Å². The Morgan fingerprint density at radius 2 is 1.94 bits per heavy atom. The lowest BCUT2D eigenvalue weighted by atomic mass is 9.99. The first kappa shape index (κ1) is 21.8. The zero-order valence-corrected chi connectivity index (χ0v) is 19.0. The number of fused-ring (bicyclic) bond motifs is 2. The average Bonchev–Trinajstić information content (AvgIpc) is 3.50. The lowest BCUT2D eigenvalue weighted by Gasteiger charge is -2.27. The SMILES string of the molecule is CCCOC(=O)C(O)(CNC(=S)Nc1c2c(cc3c1CCC3)CCC2)c1nccn1C. The number of rotatable bonds is 7. The molecule has 1 heterocycles. The van der Waals surface area contributed by atoms with E-state index >= 15 is 0 Å². The molecule has 0 amide bonds. The highest BCUT2D eigenvalue weighted by Gasteiger charge is 2.43. The van der Waals surface area contributed by atoms with Crippen LogP contribution in [-0.4, -0.2) is 38.9 Å². The largest absolute Gasteiger partial charge is 0.463 e. The van der Waals surface area contributed by atoms with E-state index in [0.29, 0.717) is 11.5 Å². The summed E-state index contributed by atoms with van der Waals surface area (Å²) in [6.45, 7) is 2.00. The van der Waals surface area contributed by atoms with Crippen LogP contribution in [0.2, 0.25) is 0 Å². The number of anilines is 1. The molecule has 7 nitrogen and oxygen atoms in total. The van der Waals surface area contributed by atoms with Gasteiger partial charge in [-0.3, -0.25) is 0 Å². The Hall–Kier alpha value is -2.45. The number of carbonyl (C=O) groups excluding carboxylic acids is 1. The van der Waals surface area contributed by atoms with Gasteiger partial charge in [0.1, 0.15) is 0 Å². The van der Waals surface area contributed by atoms with Crippen LogP contribution < -0.4 is 10.6 Å². The summed E-state index contributed by atoms with van der Waals surface area (Å²) < 4.78 is 6.87. The Morgan fingerprint density at radius 3 is 2.52 bits per heavy atom. The van der Waals surface area contributed by atoms with Crippen LogP contribution in [0.4, 0.5) is 5.69 Å². The number of benzene rings is 1. The second-order valence-corrected chi connectivity index (χ2v) is 8.81. The van der Waals surface area contributed by atoms with Gasteiger partial charge in [0.25, 0.3) is 0 Å². The number of nitrogens with one attached hydrogen (secondary N) is 2. The number of esters is 1. The molecule has 166 valence electrons. The van der Waals surface area contributed by atoms with Crippen molar-refractivity contribution in [3.63, 3.8) is 0 Å². The van der Waals surface area contributed by atoms with Gasteiger partial charge in [-0.25, -0.2) is 9.78 Å². The Balaban J connectivity index is 1.52. The number of hydrogen-bond donors (Lipinski definition) is 3. The number of ether oxygens (including phenoxy) is 1. The highest BCUT2D eigenvalue weighted by Crippen LogP contribution is 2.38. The van der Waals surface area contributed by atoms with E-state index < -0.39 is 11.6 Å². The second kappa shape index (κ2) is 8.96. The summed E-state index contributed by atoms with van der Waals surface area (Å²) in [6, 6.07) is 2.37. The molecule has 0 aliphatic heterocycles. The zero-order valence-electron chi connectivity index (χ0n) is 18.2. The van der Waals surface area contributed by atoms with Crippen molar-refractivity contribution in [3.05, 3.63) is 46.5 Å². The Morgan fingerprint density at radius 1 is 1.26 bits per heavy atom. The predicted octanol–water partition coefficient (Wildman–Crippen LogP) is 2.52. The van der Waals surface area contributed by atoms with Crippen LogP contribution in [0, 0.1) is 0 Å². The van der Waals surface area contributed by atoms with Gasteiger partial charge >= 0.3 is 5.97 Å². The quantitative estimate of drug-likeness (QED) is 0.449. The summed E-state index contributed by atoms with van der Waals surface area (Å²) in [5.74, 6) is -0.522. The van der Waals surface area contributed by atoms with E-state index in [2.05, 4.69) is 21.7 Å². The molecule has 1 atom stereocenters. The smallest absolute Gasteiger partial charge is 0.348 e. The normalized spacial score (nSPS) is 16.4. The number of hydrogen-bond acceptors (Lipinski definition) is 5. The molecule has 0 bridgehead atoms. The van der Waals surface area contributed by atoms with Crippen molar-refractivity contribution in [1.29, 1.82) is 0 Å². The van der Waals surface area contributed by atoms with Gasteiger partial charge in [0, 0.05) is 25.1 Å². The number of carbonyl (C=O) groups is 1. The summed E-state index contributed by atoms with van der Waals surface area (Å²) >= 11 is 5.57. The first-order valence-electron chi connectivity index (χ1n) is 11.0. The summed E-state index contributed by atoms with van der Waals surface area (Å²) in [4.78, 5) is 16.9. The van der Waals surface area contributed by atoms with Gasteiger partial charge in [0.15, 0.2) is 10.9 Å². The minimum absolute atomic E-state index is 0.135. The molecule has 0 saturated carbocycles. The van der Waals surface area contributed by atoms with Crippen LogP contribution in [-0.2, 0) is 47.9 Å². The van der Waals surface area contributed by atoms with E-state index in [1.807, 2.05) is 6.92 Å². The van der Waals surface area contributed by atoms with E-state index in [4.69, 9.17) is 17.0 Å². The van der Waals surface area contributed by atoms with Crippen LogP contribution >= 0.6 is 12.2 Å². The van der Waals surface area contributed by atoms with Gasteiger partial charge in [-0.1, -0.05) is 13.0 Å². The number of imidazole rings is 1. The van der Waals surface area contributed by atoms with Gasteiger partial charge in [0.05, 0.1) is 13.2 Å². The monoisotopic (exact) mass is 442 g/mol. The third-order valence-corrected chi connectivity index (χ3v) is 6.43. The molecular formula is C23H30N4O3S. The second-order valence-electron chi connectivity index (χ2n) is 8.40. The van der Waals surface area contributed by atoms with Gasteiger partial charge in [-0.2, -0.15) is 0 Å². The molecule has 2 aliphatic carbocycles. The molecule has 0 fully saturated rings. The van der Waals surface area contributed by atoms with Crippen LogP contribution in [0.5, 0.6) is 0 Å². The van der Waals surface area contributed by atoms with Crippen LogP contribution in [0.15, 0.2) is 18.5 Å². The number of aromatic nitrogens is 2. The molecule has 2 aromatic rings. The first-order valence-corrected chi connectivity index (χ1v) is 11.4. The Kier molecular flexibility index (Phi) is 6.29. The molecule has 1 unspecified atom stereocenters. The lowest BCUT2D eigenvalue weighted by molar-refractivity contribution is -0.167. The maximum absolute atomic E-state index is 12.7. The van der Waals surface area contributed by atoms with E-state index in [9.17, 15) is 9.90 Å². The fourth-order valence-corrected chi connectivity index (χ4v) is 4.83. The molecule has 2 aliphatic rings. The van der Waals surface area contributed by atoms with Crippen molar-refractivity contribution in [2.24, 2.45) is 7.05 Å². The Bertz CT molecular complexity index is 971. The topological polar surface area (TPSA) is 88.4 Å². The summed E-state index contributed by atoms with van der Waals surface area (Å²) in [5, 5.41) is 18.1. The van der Waals surface area contributed by atoms with Crippen LogP contribution in [0.25, 0.3) is 0 Å². The summed E-state index contributed by atoms with van der Waals surface area (Å²) in [5.41, 5.74) is 4.71. The molecular weight excluding hydrogens is 412 g/mol. The van der Waals surface area contributed by atoms with Gasteiger partial charge in [-0.05, 0) is 79.4 Å². The van der Waals surface area contributed by atoms with Crippen molar-refractivity contribution in [3.8, 4) is 0 Å². The molecule has 0 saturated heterocycles. The Labute approximate surface area is 188 Å². The fourth-order valence-electron chi connectivity index (χ4n) is 4.65. The number of aryl methyl sites for hydroxylation is 3. The molecule has 31 heavy (non-hydrogen) atoms. The summed E-state index contributed by atoms with van der Waals surface area (Å²) in [7, 11) is 1.73. The molecule has 4 rings (SSSR count).